The average Bonchev–Trinajstić information content (AvgIpc) is 2.39. The maximum Gasteiger partial charge on any atom is 0.251 e. The number of nitrogens with two attached hydrogens (primary N) is 1. The molecule has 6 heteroatoms. The van der Waals surface area contributed by atoms with E-state index < -0.39 is 0 Å². The molecule has 0 radical (unpaired) electrons. The number of nitrogens with one attached hydrogen (secondary N) is 1. The van der Waals surface area contributed by atoms with Gasteiger partial charge in [-0.1, -0.05) is 0 Å². The second-order valence-electron chi connectivity index (χ2n) is 4.39. The first kappa shape index (κ1) is 18.7. The molecule has 1 atom stereocenters. The van der Waals surface area contributed by atoms with Crippen LogP contribution >= 0.6 is 12.4 Å². The van der Waals surface area contributed by atoms with Crippen LogP contribution in [-0.4, -0.2) is 38.8 Å². The summed E-state index contributed by atoms with van der Waals surface area (Å²) < 4.78 is 10.3. The predicted octanol–water partition coefficient (Wildman–Crippen LogP) is 1.60. The smallest absolute Gasteiger partial charge is 0.251 e. The van der Waals surface area contributed by atoms with E-state index in [1.807, 2.05) is 6.92 Å². The Labute approximate surface area is 126 Å². The second-order valence-corrected chi connectivity index (χ2v) is 4.39. The van der Waals surface area contributed by atoms with Crippen LogP contribution in [0.5, 0.6) is 5.75 Å². The molecule has 114 valence electrons. The SMILES string of the molecule is COCCOc1ccc(C(=O)NCCC(C)N)cc1.Cl. The molecule has 0 fully saturated rings. The van der Waals surface area contributed by atoms with Crippen LogP contribution in [0, 0.1) is 0 Å². The summed E-state index contributed by atoms with van der Waals surface area (Å²) in [5.41, 5.74) is 6.23. The molecule has 0 heterocycles. The maximum absolute atomic E-state index is 11.8. The standard InChI is InChI=1S/C14H22N2O3.ClH/c1-11(15)7-8-16-14(17)12-3-5-13(6-4-12)19-10-9-18-2;/h3-6,11H,7-10,15H2,1-2H3,(H,16,17);1H. The number of methoxy groups -OCH3 is 1. The second kappa shape index (κ2) is 10.5. The van der Waals surface area contributed by atoms with Gasteiger partial charge >= 0.3 is 0 Å². The van der Waals surface area contributed by atoms with Crippen molar-refractivity contribution in [2.24, 2.45) is 5.73 Å². The van der Waals surface area contributed by atoms with Gasteiger partial charge in [0.1, 0.15) is 12.4 Å². The van der Waals surface area contributed by atoms with Crippen LogP contribution < -0.4 is 15.8 Å². The molecule has 20 heavy (non-hydrogen) atoms. The topological polar surface area (TPSA) is 73.6 Å². The molecule has 5 nitrogen and oxygen atoms in total. The van der Waals surface area contributed by atoms with Crippen molar-refractivity contribution in [3.8, 4) is 5.75 Å². The van der Waals surface area contributed by atoms with Crippen molar-refractivity contribution in [2.75, 3.05) is 26.9 Å². The first-order chi connectivity index (χ1) is 9.13. The van der Waals surface area contributed by atoms with Crippen LogP contribution in [0.25, 0.3) is 0 Å². The third-order valence-corrected chi connectivity index (χ3v) is 2.56. The van der Waals surface area contributed by atoms with Gasteiger partial charge in [-0.15, -0.1) is 12.4 Å². The van der Waals surface area contributed by atoms with Crippen molar-refractivity contribution in [3.05, 3.63) is 29.8 Å². The highest BCUT2D eigenvalue weighted by Crippen LogP contribution is 2.12. The first-order valence-corrected chi connectivity index (χ1v) is 6.39. The van der Waals surface area contributed by atoms with Crippen LogP contribution in [-0.2, 0) is 4.74 Å². The Hall–Kier alpha value is -1.30. The molecule has 1 amide bonds. The van der Waals surface area contributed by atoms with E-state index in [9.17, 15) is 4.79 Å². The molecule has 0 spiro atoms. The molecule has 0 aliphatic heterocycles. The lowest BCUT2D eigenvalue weighted by atomic mass is 10.2. The monoisotopic (exact) mass is 302 g/mol. The van der Waals surface area contributed by atoms with Crippen LogP contribution in [0.2, 0.25) is 0 Å². The average molecular weight is 303 g/mol. The third-order valence-electron chi connectivity index (χ3n) is 2.56. The lowest BCUT2D eigenvalue weighted by Crippen LogP contribution is -2.28. The van der Waals surface area contributed by atoms with Crippen molar-refractivity contribution in [1.29, 1.82) is 0 Å². The van der Waals surface area contributed by atoms with Crippen molar-refractivity contribution >= 4 is 18.3 Å². The van der Waals surface area contributed by atoms with Gasteiger partial charge in [-0.25, -0.2) is 0 Å². The van der Waals surface area contributed by atoms with Crippen LogP contribution in [0.4, 0.5) is 0 Å². The molecule has 0 saturated carbocycles. The van der Waals surface area contributed by atoms with Crippen LogP contribution in [0.15, 0.2) is 24.3 Å². The van der Waals surface area contributed by atoms with E-state index in [0.717, 1.165) is 12.2 Å². The zero-order valence-electron chi connectivity index (χ0n) is 11.9. The molecule has 1 aromatic rings. The molecular weight excluding hydrogens is 280 g/mol. The van der Waals surface area contributed by atoms with E-state index >= 15 is 0 Å². The maximum atomic E-state index is 11.8. The summed E-state index contributed by atoms with van der Waals surface area (Å²) in [4.78, 5) is 11.8. The molecule has 1 rings (SSSR count). The van der Waals surface area contributed by atoms with Gasteiger partial charge in [0.15, 0.2) is 0 Å². The fourth-order valence-corrected chi connectivity index (χ4v) is 1.46. The molecule has 3 N–H and O–H groups in total. The van der Waals surface area contributed by atoms with Crippen LogP contribution in [0.3, 0.4) is 0 Å². The van der Waals surface area contributed by atoms with Crippen molar-refractivity contribution in [2.45, 2.75) is 19.4 Å². The van der Waals surface area contributed by atoms with Gasteiger partial charge in [-0.05, 0) is 37.6 Å². The highest BCUT2D eigenvalue weighted by atomic mass is 35.5. The van der Waals surface area contributed by atoms with E-state index in [-0.39, 0.29) is 24.4 Å². The number of rotatable bonds is 8. The Morgan fingerprint density at radius 2 is 1.95 bits per heavy atom. The number of carbonyl (C=O) groups is 1. The van der Waals surface area contributed by atoms with Gasteiger partial charge in [0, 0.05) is 25.3 Å². The van der Waals surface area contributed by atoms with Crippen LogP contribution in [0.1, 0.15) is 23.7 Å². The van der Waals surface area contributed by atoms with E-state index in [1.165, 1.54) is 0 Å². The van der Waals surface area contributed by atoms with E-state index in [1.54, 1.807) is 31.4 Å². The normalized spacial score (nSPS) is 11.3. The van der Waals surface area contributed by atoms with E-state index in [0.29, 0.717) is 25.3 Å². The molecule has 0 aliphatic rings. The largest absolute Gasteiger partial charge is 0.491 e. The molecule has 0 aliphatic carbocycles. The number of hydrogen-bond acceptors (Lipinski definition) is 4. The van der Waals surface area contributed by atoms with E-state index in [4.69, 9.17) is 15.2 Å². The number of hydrogen-bond donors (Lipinski definition) is 2. The fourth-order valence-electron chi connectivity index (χ4n) is 1.46. The Kier molecular flexibility index (Phi) is 9.80. The Bertz CT molecular complexity index is 383. The number of halogens is 1. The number of carbonyl (C=O) groups excluding carboxylic acids is 1. The van der Waals surface area contributed by atoms with Crippen molar-refractivity contribution in [1.82, 2.24) is 5.32 Å². The zero-order chi connectivity index (χ0) is 14.1. The summed E-state index contributed by atoms with van der Waals surface area (Å²) in [6, 6.07) is 7.12. The fraction of sp³-hybridized carbons (Fsp3) is 0.500. The summed E-state index contributed by atoms with van der Waals surface area (Å²) >= 11 is 0. The summed E-state index contributed by atoms with van der Waals surface area (Å²) in [5, 5.41) is 2.82. The predicted molar refractivity (Wildman–Crippen MR) is 81.7 cm³/mol. The van der Waals surface area contributed by atoms with Gasteiger partial charge in [-0.3, -0.25) is 4.79 Å². The van der Waals surface area contributed by atoms with Gasteiger partial charge in [0.25, 0.3) is 5.91 Å². The highest BCUT2D eigenvalue weighted by molar-refractivity contribution is 5.94. The highest BCUT2D eigenvalue weighted by Gasteiger charge is 2.05. The molecule has 1 unspecified atom stereocenters. The minimum absolute atomic E-state index is 0. The number of amides is 1. The number of benzene rings is 1. The van der Waals surface area contributed by atoms with E-state index in [2.05, 4.69) is 5.32 Å². The van der Waals surface area contributed by atoms with Gasteiger partial charge < -0.3 is 20.5 Å². The molecule has 1 aromatic carbocycles. The first-order valence-electron chi connectivity index (χ1n) is 6.39. The molecule has 0 saturated heterocycles. The molecule has 0 bridgehead atoms. The van der Waals surface area contributed by atoms with Crippen molar-refractivity contribution < 1.29 is 14.3 Å². The lowest BCUT2D eigenvalue weighted by molar-refractivity contribution is 0.0952. The minimum Gasteiger partial charge on any atom is -0.491 e. The Morgan fingerprint density at radius 1 is 1.30 bits per heavy atom. The molecule has 0 aromatic heterocycles. The van der Waals surface area contributed by atoms with Gasteiger partial charge in [0.05, 0.1) is 6.61 Å². The van der Waals surface area contributed by atoms with Crippen molar-refractivity contribution in [3.63, 3.8) is 0 Å². The third kappa shape index (κ3) is 7.33. The summed E-state index contributed by atoms with van der Waals surface area (Å²) in [7, 11) is 1.62. The Morgan fingerprint density at radius 3 is 2.50 bits per heavy atom. The zero-order valence-corrected chi connectivity index (χ0v) is 12.7. The Balaban J connectivity index is 0.00000361. The molecular formula is C14H23ClN2O3. The summed E-state index contributed by atoms with van der Waals surface area (Å²) in [6.07, 6.45) is 0.768. The minimum atomic E-state index is -0.0934. The summed E-state index contributed by atoms with van der Waals surface area (Å²) in [6.45, 7) is 3.54. The lowest BCUT2D eigenvalue weighted by Gasteiger charge is -2.08. The summed E-state index contributed by atoms with van der Waals surface area (Å²) in [5.74, 6) is 0.633. The van der Waals surface area contributed by atoms with Gasteiger partial charge in [-0.2, -0.15) is 0 Å². The number of ether oxygens (including phenoxy) is 2. The quantitative estimate of drug-likeness (QED) is 0.715. The van der Waals surface area contributed by atoms with Gasteiger partial charge in [0.2, 0.25) is 0 Å².